The number of halogens is 1. The Labute approximate surface area is 122 Å². The fourth-order valence-electron chi connectivity index (χ4n) is 2.14. The van der Waals surface area contributed by atoms with Crippen LogP contribution in [-0.4, -0.2) is 24.2 Å². The molecular formula is C12H19ClN2OS2. The average molecular weight is 307 g/mol. The van der Waals surface area contributed by atoms with Crippen LogP contribution in [0.1, 0.15) is 35.4 Å². The molecule has 3 nitrogen and oxygen atoms in total. The number of carbonyl (C=O) groups is 1. The van der Waals surface area contributed by atoms with Crippen molar-refractivity contribution in [2.45, 2.75) is 42.7 Å². The number of thioether (sulfide) groups is 1. The van der Waals surface area contributed by atoms with Crippen LogP contribution >= 0.6 is 35.5 Å². The van der Waals surface area contributed by atoms with Crippen LogP contribution in [0.4, 0.5) is 0 Å². The van der Waals surface area contributed by atoms with Gasteiger partial charge in [0.05, 0.1) is 0 Å². The second kappa shape index (κ2) is 7.38. The molecular weight excluding hydrogens is 288 g/mol. The van der Waals surface area contributed by atoms with Crippen molar-refractivity contribution >= 4 is 41.4 Å². The Kier molecular flexibility index (Phi) is 6.49. The Morgan fingerprint density at radius 2 is 2.11 bits per heavy atom. The highest BCUT2D eigenvalue weighted by Gasteiger charge is 2.21. The summed E-state index contributed by atoms with van der Waals surface area (Å²) in [6.07, 6.45) is 6.05. The smallest absolute Gasteiger partial charge is 0.262 e. The van der Waals surface area contributed by atoms with Gasteiger partial charge in [-0.1, -0.05) is 0 Å². The molecule has 1 amide bonds. The molecule has 0 aromatic carbocycles. The number of hydrogen-bond donors (Lipinski definition) is 2. The normalized spacial score (nSPS) is 23.2. The largest absolute Gasteiger partial charge is 0.349 e. The topological polar surface area (TPSA) is 55.1 Å². The summed E-state index contributed by atoms with van der Waals surface area (Å²) in [6.45, 7) is 0. The Balaban J connectivity index is 0.00000162. The van der Waals surface area contributed by atoms with Gasteiger partial charge in [0.1, 0.15) is 4.88 Å². The van der Waals surface area contributed by atoms with Gasteiger partial charge in [-0.15, -0.1) is 35.5 Å². The molecule has 0 bridgehead atoms. The van der Waals surface area contributed by atoms with Crippen LogP contribution in [-0.2, 0) is 0 Å². The third-order valence-electron chi connectivity index (χ3n) is 3.16. The summed E-state index contributed by atoms with van der Waals surface area (Å²) in [5, 5.41) is 5.09. The number of amides is 1. The van der Waals surface area contributed by atoms with Gasteiger partial charge in [0.2, 0.25) is 0 Å². The van der Waals surface area contributed by atoms with Gasteiger partial charge in [-0.25, -0.2) is 0 Å². The molecule has 0 aliphatic heterocycles. The van der Waals surface area contributed by atoms with Crippen LogP contribution < -0.4 is 11.1 Å². The van der Waals surface area contributed by atoms with Crippen molar-refractivity contribution in [3.8, 4) is 0 Å². The number of nitrogens with one attached hydrogen (secondary N) is 1. The van der Waals surface area contributed by atoms with Crippen LogP contribution in [0.2, 0.25) is 0 Å². The van der Waals surface area contributed by atoms with E-state index in [-0.39, 0.29) is 18.3 Å². The summed E-state index contributed by atoms with van der Waals surface area (Å²) in [5.41, 5.74) is 5.85. The van der Waals surface area contributed by atoms with Crippen LogP contribution in [0.25, 0.3) is 0 Å². The highest BCUT2D eigenvalue weighted by atomic mass is 35.5. The van der Waals surface area contributed by atoms with Crippen molar-refractivity contribution in [3.05, 3.63) is 16.3 Å². The van der Waals surface area contributed by atoms with E-state index >= 15 is 0 Å². The Bertz CT molecular complexity index is 389. The quantitative estimate of drug-likeness (QED) is 0.844. The molecule has 0 radical (unpaired) electrons. The van der Waals surface area contributed by atoms with Gasteiger partial charge in [-0.3, -0.25) is 4.79 Å². The third-order valence-corrected chi connectivity index (χ3v) is 4.98. The summed E-state index contributed by atoms with van der Waals surface area (Å²) in [4.78, 5) is 14.0. The average Bonchev–Trinajstić information content (AvgIpc) is 2.80. The molecule has 0 atom stereocenters. The number of carbonyl (C=O) groups excluding carboxylic acids is 1. The van der Waals surface area contributed by atoms with Crippen molar-refractivity contribution in [2.24, 2.45) is 5.73 Å². The molecule has 0 unspecified atom stereocenters. The minimum Gasteiger partial charge on any atom is -0.349 e. The van der Waals surface area contributed by atoms with Crippen molar-refractivity contribution in [3.63, 3.8) is 0 Å². The molecule has 3 N–H and O–H groups in total. The lowest BCUT2D eigenvalue weighted by atomic mass is 9.92. The lowest BCUT2D eigenvalue weighted by molar-refractivity contribution is 0.0927. The fourth-order valence-corrected chi connectivity index (χ4v) is 3.79. The molecule has 102 valence electrons. The molecule has 6 heteroatoms. The van der Waals surface area contributed by atoms with Crippen LogP contribution in [0.3, 0.4) is 0 Å². The summed E-state index contributed by atoms with van der Waals surface area (Å²) in [7, 11) is 0. The molecule has 1 aliphatic carbocycles. The van der Waals surface area contributed by atoms with E-state index in [0.29, 0.717) is 12.1 Å². The molecule has 2 rings (SSSR count). The molecule has 1 fully saturated rings. The second-order valence-corrected chi connectivity index (χ2v) is 6.17. The molecule has 1 heterocycles. The van der Waals surface area contributed by atoms with E-state index in [2.05, 4.69) is 5.32 Å². The summed E-state index contributed by atoms with van der Waals surface area (Å²) < 4.78 is 0. The summed E-state index contributed by atoms with van der Waals surface area (Å²) in [5.74, 6) is 0.0739. The molecule has 0 spiro atoms. The lowest BCUT2D eigenvalue weighted by Gasteiger charge is -2.26. The monoisotopic (exact) mass is 306 g/mol. The first-order valence-corrected chi connectivity index (χ1v) is 7.99. The van der Waals surface area contributed by atoms with Crippen molar-refractivity contribution in [2.75, 3.05) is 6.26 Å². The van der Waals surface area contributed by atoms with Gasteiger partial charge < -0.3 is 11.1 Å². The maximum absolute atomic E-state index is 12.1. The summed E-state index contributed by atoms with van der Waals surface area (Å²) in [6, 6.07) is 2.63. The molecule has 1 aromatic heterocycles. The van der Waals surface area contributed by atoms with Gasteiger partial charge in [0.15, 0.2) is 0 Å². The van der Waals surface area contributed by atoms with E-state index in [0.717, 1.165) is 35.5 Å². The molecule has 18 heavy (non-hydrogen) atoms. The highest BCUT2D eigenvalue weighted by molar-refractivity contribution is 7.98. The van der Waals surface area contributed by atoms with Gasteiger partial charge in [0, 0.05) is 17.0 Å². The van der Waals surface area contributed by atoms with Gasteiger partial charge >= 0.3 is 0 Å². The van der Waals surface area contributed by atoms with Crippen LogP contribution in [0, 0.1) is 0 Å². The van der Waals surface area contributed by atoms with Gasteiger partial charge in [0.25, 0.3) is 5.91 Å². The van der Waals surface area contributed by atoms with Crippen molar-refractivity contribution < 1.29 is 4.79 Å². The highest BCUT2D eigenvalue weighted by Crippen LogP contribution is 2.26. The molecule has 1 saturated carbocycles. The third kappa shape index (κ3) is 3.88. The lowest BCUT2D eigenvalue weighted by Crippen LogP contribution is -2.40. The second-order valence-electron chi connectivity index (χ2n) is 4.40. The van der Waals surface area contributed by atoms with E-state index in [1.54, 1.807) is 11.8 Å². The maximum Gasteiger partial charge on any atom is 0.262 e. The van der Waals surface area contributed by atoms with Crippen LogP contribution in [0.15, 0.2) is 16.3 Å². The minimum absolute atomic E-state index is 0. The first-order valence-electron chi connectivity index (χ1n) is 5.88. The Morgan fingerprint density at radius 1 is 1.44 bits per heavy atom. The van der Waals surface area contributed by atoms with Crippen LogP contribution in [0.5, 0.6) is 0 Å². The van der Waals surface area contributed by atoms with E-state index in [4.69, 9.17) is 5.73 Å². The fraction of sp³-hybridized carbons (Fsp3) is 0.583. The molecule has 0 saturated heterocycles. The predicted molar refractivity (Wildman–Crippen MR) is 81.0 cm³/mol. The zero-order chi connectivity index (χ0) is 12.3. The first-order chi connectivity index (χ1) is 8.20. The van der Waals surface area contributed by atoms with Gasteiger partial charge in [-0.2, -0.15) is 0 Å². The minimum atomic E-state index is 0. The standard InChI is InChI=1S/C12H18N2OS2.ClH/c1-16-10-6-7-17-11(10)12(15)14-9-4-2-8(13)3-5-9;/h6-9H,2-5,13H2,1H3,(H,14,15);1H. The zero-order valence-electron chi connectivity index (χ0n) is 10.3. The predicted octanol–water partition coefficient (Wildman–Crippen LogP) is 2.89. The zero-order valence-corrected chi connectivity index (χ0v) is 12.8. The van der Waals surface area contributed by atoms with Crippen molar-refractivity contribution in [1.29, 1.82) is 0 Å². The van der Waals surface area contributed by atoms with E-state index in [9.17, 15) is 4.79 Å². The number of hydrogen-bond acceptors (Lipinski definition) is 4. The first kappa shape index (κ1) is 15.8. The molecule has 1 aliphatic rings. The Hall–Kier alpha value is -0.230. The van der Waals surface area contributed by atoms with E-state index in [1.807, 2.05) is 17.7 Å². The van der Waals surface area contributed by atoms with Crippen molar-refractivity contribution in [1.82, 2.24) is 5.32 Å². The Morgan fingerprint density at radius 3 is 2.72 bits per heavy atom. The summed E-state index contributed by atoms with van der Waals surface area (Å²) >= 11 is 3.14. The van der Waals surface area contributed by atoms with E-state index in [1.165, 1.54) is 11.3 Å². The SMILES string of the molecule is CSc1ccsc1C(=O)NC1CCC(N)CC1.Cl. The number of nitrogens with two attached hydrogens (primary N) is 1. The maximum atomic E-state index is 12.1. The molecule has 1 aromatic rings. The van der Waals surface area contributed by atoms with E-state index < -0.39 is 0 Å². The number of thiophene rings is 1. The number of rotatable bonds is 3. The van der Waals surface area contributed by atoms with Gasteiger partial charge in [-0.05, 0) is 43.4 Å².